The lowest BCUT2D eigenvalue weighted by molar-refractivity contribution is -0.111. The summed E-state index contributed by atoms with van der Waals surface area (Å²) in [7, 11) is 0. The molecule has 2 N–H and O–H groups in total. The number of benzene rings is 2. The van der Waals surface area contributed by atoms with Gasteiger partial charge in [-0.2, -0.15) is 0 Å². The van der Waals surface area contributed by atoms with E-state index in [0.29, 0.717) is 28.2 Å². The van der Waals surface area contributed by atoms with Crippen LogP contribution in [-0.2, 0) is 4.79 Å². The van der Waals surface area contributed by atoms with Gasteiger partial charge in [0.2, 0.25) is 5.91 Å². The van der Waals surface area contributed by atoms with Crippen molar-refractivity contribution in [2.75, 3.05) is 43.5 Å². The van der Waals surface area contributed by atoms with Crippen LogP contribution in [0.4, 0.5) is 21.6 Å². The van der Waals surface area contributed by atoms with Crippen LogP contribution in [0.3, 0.4) is 0 Å². The number of hydrogen-bond donors (Lipinski definition) is 2. The average molecular weight is 464 g/mol. The predicted molar refractivity (Wildman–Crippen MR) is 134 cm³/mol. The van der Waals surface area contributed by atoms with Gasteiger partial charge in [0.05, 0.1) is 11.2 Å². The summed E-state index contributed by atoms with van der Waals surface area (Å²) < 4.78 is 18.4. The van der Waals surface area contributed by atoms with Crippen molar-refractivity contribution >= 4 is 34.0 Å². The third kappa shape index (κ3) is 6.29. The fourth-order valence-electron chi connectivity index (χ4n) is 4.03. The van der Waals surface area contributed by atoms with Gasteiger partial charge < -0.3 is 15.4 Å². The Morgan fingerprint density at radius 1 is 1.18 bits per heavy atom. The highest BCUT2D eigenvalue weighted by Gasteiger charge is 2.14. The molecule has 0 spiro atoms. The van der Waals surface area contributed by atoms with Crippen LogP contribution in [0, 0.1) is 6.92 Å². The number of aryl methyl sites for hydroxylation is 1. The molecule has 1 aliphatic heterocycles. The Hall–Kier alpha value is -3.52. The molecule has 0 aliphatic carbocycles. The minimum Gasteiger partial charge on any atom is -0.489 e. The third-order valence-corrected chi connectivity index (χ3v) is 5.69. The molecule has 1 aromatic heterocycles. The van der Waals surface area contributed by atoms with Crippen molar-refractivity contribution in [2.24, 2.45) is 0 Å². The molecule has 0 radical (unpaired) electrons. The number of amides is 1. The van der Waals surface area contributed by atoms with Gasteiger partial charge >= 0.3 is 0 Å². The zero-order chi connectivity index (χ0) is 23.8. The van der Waals surface area contributed by atoms with Gasteiger partial charge in [0.1, 0.15) is 31.2 Å². The second-order valence-corrected chi connectivity index (χ2v) is 8.37. The van der Waals surface area contributed by atoms with E-state index in [4.69, 9.17) is 4.74 Å². The molecule has 34 heavy (non-hydrogen) atoms. The second-order valence-electron chi connectivity index (χ2n) is 8.37. The number of ether oxygens (including phenoxy) is 1. The van der Waals surface area contributed by atoms with Gasteiger partial charge in [-0.3, -0.25) is 9.69 Å². The molecule has 2 aromatic carbocycles. The molecule has 1 fully saturated rings. The van der Waals surface area contributed by atoms with Crippen molar-refractivity contribution in [1.82, 2.24) is 14.9 Å². The maximum absolute atomic E-state index is 12.8. The molecule has 0 atom stereocenters. The van der Waals surface area contributed by atoms with E-state index in [1.54, 1.807) is 12.1 Å². The normalized spacial score (nSPS) is 14.4. The Bertz CT molecular complexity index is 1160. The topological polar surface area (TPSA) is 79.4 Å². The molecule has 178 valence electrons. The summed E-state index contributed by atoms with van der Waals surface area (Å²) in [5, 5.41) is 6.90. The Morgan fingerprint density at radius 3 is 2.82 bits per heavy atom. The predicted octanol–water partition coefficient (Wildman–Crippen LogP) is 5.01. The minimum atomic E-state index is -0.634. The van der Waals surface area contributed by atoms with Crippen molar-refractivity contribution in [2.45, 2.75) is 26.2 Å². The first kappa shape index (κ1) is 23.6. The summed E-state index contributed by atoms with van der Waals surface area (Å²) in [6.45, 7) is 4.14. The number of carbonyl (C=O) groups is 1. The van der Waals surface area contributed by atoms with Gasteiger partial charge in [0.25, 0.3) is 0 Å². The van der Waals surface area contributed by atoms with Crippen molar-refractivity contribution in [3.63, 3.8) is 0 Å². The fourth-order valence-corrected chi connectivity index (χ4v) is 4.03. The van der Waals surface area contributed by atoms with Crippen molar-refractivity contribution < 1.29 is 13.9 Å². The largest absolute Gasteiger partial charge is 0.489 e. The lowest BCUT2D eigenvalue weighted by Gasteiger charge is -2.24. The molecule has 0 unspecified atom stereocenters. The molecule has 7 nitrogen and oxygen atoms in total. The summed E-state index contributed by atoms with van der Waals surface area (Å²) in [6, 6.07) is 11.4. The number of rotatable bonds is 9. The Kier molecular flexibility index (Phi) is 8.04. The van der Waals surface area contributed by atoms with E-state index in [1.165, 1.54) is 31.7 Å². The summed E-state index contributed by atoms with van der Waals surface area (Å²) in [5.41, 5.74) is 3.08. The molecule has 1 aliphatic rings. The summed E-state index contributed by atoms with van der Waals surface area (Å²) in [4.78, 5) is 23.7. The summed E-state index contributed by atoms with van der Waals surface area (Å²) >= 11 is 0. The maximum atomic E-state index is 12.8. The number of carbonyl (C=O) groups excluding carboxylic acids is 1. The van der Waals surface area contributed by atoms with Crippen LogP contribution >= 0.6 is 0 Å². The molecule has 3 aromatic rings. The Labute approximate surface area is 199 Å². The number of anilines is 3. The van der Waals surface area contributed by atoms with Crippen LogP contribution < -0.4 is 15.4 Å². The van der Waals surface area contributed by atoms with Gasteiger partial charge in [-0.25, -0.2) is 14.4 Å². The van der Waals surface area contributed by atoms with Gasteiger partial charge in [-0.1, -0.05) is 24.6 Å². The number of aromatic nitrogens is 2. The highest BCUT2D eigenvalue weighted by Crippen LogP contribution is 2.33. The zero-order valence-electron chi connectivity index (χ0n) is 19.4. The van der Waals surface area contributed by atoms with E-state index in [2.05, 4.69) is 25.5 Å². The number of fused-ring (bicyclic) bond motifs is 1. The lowest BCUT2D eigenvalue weighted by Crippen LogP contribution is -2.29. The number of nitrogens with zero attached hydrogens (tertiary/aromatic N) is 3. The first-order valence-electron chi connectivity index (χ1n) is 11.6. The molecule has 0 saturated carbocycles. The van der Waals surface area contributed by atoms with Crippen LogP contribution in [0.1, 0.15) is 24.8 Å². The van der Waals surface area contributed by atoms with E-state index < -0.39 is 6.67 Å². The highest BCUT2D eigenvalue weighted by atomic mass is 19.1. The molecule has 0 bridgehead atoms. The van der Waals surface area contributed by atoms with E-state index in [9.17, 15) is 9.18 Å². The average Bonchev–Trinajstić information content (AvgIpc) is 2.84. The van der Waals surface area contributed by atoms with Crippen LogP contribution in [0.15, 0.2) is 54.9 Å². The molecular formula is C26H30FN5O2. The number of halogens is 1. The zero-order valence-corrected chi connectivity index (χ0v) is 19.4. The molecule has 8 heteroatoms. The first-order valence-corrected chi connectivity index (χ1v) is 11.6. The molecule has 1 saturated heterocycles. The van der Waals surface area contributed by atoms with Gasteiger partial charge in [-0.05, 0) is 56.6 Å². The monoisotopic (exact) mass is 463 g/mol. The van der Waals surface area contributed by atoms with E-state index in [1.807, 2.05) is 37.3 Å². The molecule has 2 heterocycles. The molecule has 4 rings (SSSR count). The second kappa shape index (κ2) is 11.6. The Morgan fingerprint density at radius 2 is 2.03 bits per heavy atom. The molecular weight excluding hydrogens is 433 g/mol. The van der Waals surface area contributed by atoms with E-state index >= 15 is 0 Å². The van der Waals surface area contributed by atoms with Gasteiger partial charge in [0.15, 0.2) is 0 Å². The van der Waals surface area contributed by atoms with Crippen LogP contribution in [0.5, 0.6) is 5.75 Å². The van der Waals surface area contributed by atoms with Crippen LogP contribution in [0.2, 0.25) is 0 Å². The van der Waals surface area contributed by atoms with Crippen molar-refractivity contribution in [3.8, 4) is 5.75 Å². The molecule has 1 amide bonds. The number of nitrogens with one attached hydrogen (secondary N) is 2. The smallest absolute Gasteiger partial charge is 0.248 e. The standard InChI is InChI=1S/C26H30FN5O2/c1-19-7-5-8-20(15-19)30-26-21-16-23(24(34-14-10-27)17-22(21)28-18-29-26)31-25(33)9-6-13-32-11-3-2-4-12-32/h5-9,15-18H,2-4,10-14H2,1H3,(H,31,33)(H,28,29,30). The maximum Gasteiger partial charge on any atom is 0.248 e. The third-order valence-electron chi connectivity index (χ3n) is 5.69. The Balaban J connectivity index is 1.57. The lowest BCUT2D eigenvalue weighted by atomic mass is 10.1. The van der Waals surface area contributed by atoms with Crippen LogP contribution in [0.25, 0.3) is 10.9 Å². The number of hydrogen-bond acceptors (Lipinski definition) is 6. The number of piperidine rings is 1. The number of alkyl halides is 1. The van der Waals surface area contributed by atoms with Gasteiger partial charge in [0, 0.05) is 29.8 Å². The summed E-state index contributed by atoms with van der Waals surface area (Å²) in [6.07, 6.45) is 8.54. The van der Waals surface area contributed by atoms with Crippen LogP contribution in [-0.4, -0.2) is 53.7 Å². The van der Waals surface area contributed by atoms with Crippen molar-refractivity contribution in [3.05, 3.63) is 60.4 Å². The SMILES string of the molecule is Cc1cccc(Nc2ncnc3cc(OCCF)c(NC(=O)C=CCN4CCCCC4)cc23)c1. The minimum absolute atomic E-state index is 0.112. The van der Waals surface area contributed by atoms with E-state index in [-0.39, 0.29) is 12.5 Å². The van der Waals surface area contributed by atoms with Gasteiger partial charge in [-0.15, -0.1) is 0 Å². The van der Waals surface area contributed by atoms with Crippen molar-refractivity contribution in [1.29, 1.82) is 0 Å². The van der Waals surface area contributed by atoms with E-state index in [0.717, 1.165) is 30.9 Å². The quantitative estimate of drug-likeness (QED) is 0.434. The summed E-state index contributed by atoms with van der Waals surface area (Å²) in [5.74, 6) is 0.693. The highest BCUT2D eigenvalue weighted by molar-refractivity contribution is 6.03. The first-order chi connectivity index (χ1) is 16.6. The fraction of sp³-hybridized carbons (Fsp3) is 0.346. The number of likely N-dealkylation sites (tertiary alicyclic amines) is 1.